The first-order valence-electron chi connectivity index (χ1n) is 11.2. The number of nitrogens with zero attached hydrogens (tertiary/aromatic N) is 1. The lowest BCUT2D eigenvalue weighted by Crippen LogP contribution is -2.49. The molecular formula is C25H32N2O6S. The number of rotatable bonds is 9. The Morgan fingerprint density at radius 2 is 1.88 bits per heavy atom. The number of hydrogen-bond donors (Lipinski definition) is 3. The molecule has 1 amide bonds. The van der Waals surface area contributed by atoms with Crippen LogP contribution < -0.4 is 5.48 Å². The van der Waals surface area contributed by atoms with Gasteiger partial charge in [-0.2, -0.15) is 0 Å². The van der Waals surface area contributed by atoms with Crippen LogP contribution in [0.4, 0.5) is 0 Å². The van der Waals surface area contributed by atoms with Gasteiger partial charge in [-0.05, 0) is 67.9 Å². The lowest BCUT2D eigenvalue weighted by atomic mass is 9.94. The lowest BCUT2D eigenvalue weighted by Gasteiger charge is -2.25. The van der Waals surface area contributed by atoms with Gasteiger partial charge in [0, 0.05) is 12.7 Å². The van der Waals surface area contributed by atoms with E-state index >= 15 is 0 Å². The minimum absolute atomic E-state index is 0.00500. The Hall–Kier alpha value is -2.75. The molecular weight excluding hydrogens is 456 g/mol. The number of carbonyl (C=O) groups excluding carboxylic acids is 1. The van der Waals surface area contributed by atoms with Crippen molar-refractivity contribution in [2.75, 3.05) is 6.26 Å². The molecule has 184 valence electrons. The molecule has 1 aliphatic heterocycles. The third kappa shape index (κ3) is 5.65. The molecule has 1 aliphatic rings. The third-order valence-corrected chi connectivity index (χ3v) is 8.45. The molecule has 0 spiro atoms. The van der Waals surface area contributed by atoms with Crippen LogP contribution in [0.5, 0.6) is 0 Å². The fourth-order valence-electron chi connectivity index (χ4n) is 4.14. The van der Waals surface area contributed by atoms with E-state index < -0.39 is 20.5 Å². The largest absolute Gasteiger partial charge is 0.393 e. The topological polar surface area (TPSA) is 125 Å². The predicted octanol–water partition coefficient (Wildman–Crippen LogP) is 3.17. The summed E-state index contributed by atoms with van der Waals surface area (Å²) >= 11 is 0. The molecule has 3 N–H and O–H groups in total. The number of aliphatic hydroxyl groups is 1. The van der Waals surface area contributed by atoms with Crippen LogP contribution in [0.3, 0.4) is 0 Å². The first-order valence-corrected chi connectivity index (χ1v) is 13.1. The van der Waals surface area contributed by atoms with E-state index in [0.29, 0.717) is 19.3 Å². The van der Waals surface area contributed by atoms with E-state index in [1.165, 1.54) is 12.4 Å². The van der Waals surface area contributed by atoms with Crippen molar-refractivity contribution < 1.29 is 28.4 Å². The molecule has 0 radical (unpaired) electrons. The highest BCUT2D eigenvalue weighted by molar-refractivity contribution is 7.92. The van der Waals surface area contributed by atoms with Crippen LogP contribution in [-0.2, 0) is 25.9 Å². The van der Waals surface area contributed by atoms with E-state index in [1.807, 2.05) is 30.3 Å². The molecule has 0 saturated heterocycles. The van der Waals surface area contributed by atoms with E-state index in [2.05, 4.69) is 24.2 Å². The highest BCUT2D eigenvalue weighted by Gasteiger charge is 2.44. The molecule has 0 aliphatic carbocycles. The van der Waals surface area contributed by atoms with Gasteiger partial charge in [0.25, 0.3) is 5.91 Å². The molecule has 2 aromatic carbocycles. The monoisotopic (exact) mass is 488 g/mol. The first kappa shape index (κ1) is 25.9. The number of sulfone groups is 1. The molecule has 0 saturated carbocycles. The number of benzene rings is 2. The number of nitrogens with one attached hydrogen (secondary N) is 1. The van der Waals surface area contributed by atoms with Crippen LogP contribution in [0.1, 0.15) is 49.8 Å². The number of hydrogen-bond acceptors (Lipinski definition) is 7. The highest BCUT2D eigenvalue weighted by atomic mass is 32.2. The molecule has 3 atom stereocenters. The predicted molar refractivity (Wildman–Crippen MR) is 130 cm³/mol. The molecule has 0 unspecified atom stereocenters. The summed E-state index contributed by atoms with van der Waals surface area (Å²) in [6.07, 6.45) is 1.64. The van der Waals surface area contributed by atoms with E-state index in [1.54, 1.807) is 6.92 Å². The summed E-state index contributed by atoms with van der Waals surface area (Å²) in [6.45, 7) is 5.12. The van der Waals surface area contributed by atoms with Crippen LogP contribution in [-0.4, -0.2) is 53.6 Å². The van der Waals surface area contributed by atoms with Gasteiger partial charge in [-0.25, -0.2) is 13.9 Å². The zero-order chi connectivity index (χ0) is 25.1. The van der Waals surface area contributed by atoms with Crippen molar-refractivity contribution in [3.05, 3.63) is 59.2 Å². The average Bonchev–Trinajstić information content (AvgIpc) is 3.25. The summed E-state index contributed by atoms with van der Waals surface area (Å²) in [6, 6.07) is 14.2. The normalized spacial score (nSPS) is 18.5. The Balaban J connectivity index is 1.65. The molecule has 1 heterocycles. The second-order valence-corrected chi connectivity index (χ2v) is 11.7. The van der Waals surface area contributed by atoms with Gasteiger partial charge in [-0.15, -0.1) is 0 Å². The van der Waals surface area contributed by atoms with Gasteiger partial charge in [0.05, 0.1) is 11.8 Å². The Bertz CT molecular complexity index is 1170. The van der Waals surface area contributed by atoms with E-state index in [9.17, 15) is 18.3 Å². The third-order valence-electron chi connectivity index (χ3n) is 6.43. The molecule has 8 nitrogen and oxygen atoms in total. The van der Waals surface area contributed by atoms with Gasteiger partial charge >= 0.3 is 0 Å². The van der Waals surface area contributed by atoms with Gasteiger partial charge in [0.1, 0.15) is 10.9 Å². The van der Waals surface area contributed by atoms with Gasteiger partial charge in [0.15, 0.2) is 9.84 Å². The van der Waals surface area contributed by atoms with Gasteiger partial charge in [-0.3, -0.25) is 10.0 Å². The van der Waals surface area contributed by atoms with Crippen LogP contribution in [0.2, 0.25) is 0 Å². The minimum atomic E-state index is -3.75. The van der Waals surface area contributed by atoms with Crippen molar-refractivity contribution in [2.45, 2.75) is 63.4 Å². The van der Waals surface area contributed by atoms with Gasteiger partial charge in [0.2, 0.25) is 0 Å². The molecule has 0 bridgehead atoms. The van der Waals surface area contributed by atoms with Crippen LogP contribution >= 0.6 is 0 Å². The van der Waals surface area contributed by atoms with Crippen molar-refractivity contribution in [1.29, 1.82) is 0 Å². The number of amides is 1. The van der Waals surface area contributed by atoms with Crippen LogP contribution in [0, 0.1) is 6.92 Å². The molecule has 3 rings (SSSR count). The molecule has 9 heteroatoms. The van der Waals surface area contributed by atoms with Crippen molar-refractivity contribution in [3.63, 3.8) is 0 Å². The number of aliphatic hydroxyl groups excluding tert-OH is 1. The highest BCUT2D eigenvalue weighted by Crippen LogP contribution is 2.29. The summed E-state index contributed by atoms with van der Waals surface area (Å²) < 4.78 is 22.5. The zero-order valence-electron chi connectivity index (χ0n) is 19.9. The van der Waals surface area contributed by atoms with Crippen molar-refractivity contribution in [3.8, 4) is 11.1 Å². The zero-order valence-corrected chi connectivity index (χ0v) is 20.7. The standard InChI is InChI=1S/C25H32N2O6S/c1-16-13-18(14-17(2)28)5-10-22(16)19-6-8-20(9-7-19)23-15-21(33-27-23)11-12-25(3,24(29)26-30)34(4,31)32/h5-10,13,17,21,28,30H,11-12,14-15H2,1-4H3,(H,26,29)/t17-,21+,25-/m1/s1. The maximum absolute atomic E-state index is 12.1. The second kappa shape index (κ2) is 10.2. The minimum Gasteiger partial charge on any atom is -0.393 e. The Morgan fingerprint density at radius 3 is 2.44 bits per heavy atom. The number of hydroxylamine groups is 1. The SMILES string of the molecule is Cc1cc(C[C@@H](C)O)ccc1-c1ccc(C2=NO[C@@H](CC[C@](C)(C(=O)NO)S(C)(=O)=O)C2)cc1. The molecule has 2 aromatic rings. The van der Waals surface area contributed by atoms with Gasteiger partial charge < -0.3 is 9.94 Å². The maximum Gasteiger partial charge on any atom is 0.264 e. The van der Waals surface area contributed by atoms with Crippen LogP contribution in [0.15, 0.2) is 47.6 Å². The summed E-state index contributed by atoms with van der Waals surface area (Å²) in [4.78, 5) is 17.5. The van der Waals surface area contributed by atoms with Crippen molar-refractivity contribution >= 4 is 21.5 Å². The van der Waals surface area contributed by atoms with Crippen molar-refractivity contribution in [1.82, 2.24) is 5.48 Å². The number of carbonyl (C=O) groups is 1. The smallest absolute Gasteiger partial charge is 0.264 e. The second-order valence-electron chi connectivity index (χ2n) is 9.23. The Morgan fingerprint density at radius 1 is 1.24 bits per heavy atom. The quantitative estimate of drug-likeness (QED) is 0.368. The summed E-state index contributed by atoms with van der Waals surface area (Å²) in [5.41, 5.74) is 7.54. The lowest BCUT2D eigenvalue weighted by molar-refractivity contribution is -0.131. The van der Waals surface area contributed by atoms with Crippen LogP contribution in [0.25, 0.3) is 11.1 Å². The fourth-order valence-corrected chi connectivity index (χ4v) is 5.01. The summed E-state index contributed by atoms with van der Waals surface area (Å²) in [5, 5.41) is 22.7. The summed E-state index contributed by atoms with van der Waals surface area (Å²) in [5.74, 6) is -0.959. The van der Waals surface area contributed by atoms with E-state index in [-0.39, 0.29) is 18.6 Å². The van der Waals surface area contributed by atoms with E-state index in [4.69, 9.17) is 10.0 Å². The molecule has 0 fully saturated rings. The fraction of sp³-hybridized carbons (Fsp3) is 0.440. The van der Waals surface area contributed by atoms with E-state index in [0.717, 1.165) is 39.8 Å². The maximum atomic E-state index is 12.1. The Kier molecular flexibility index (Phi) is 7.80. The molecule has 0 aromatic heterocycles. The number of oxime groups is 1. The summed E-state index contributed by atoms with van der Waals surface area (Å²) in [7, 11) is -3.75. The average molecular weight is 489 g/mol. The number of aryl methyl sites for hydroxylation is 1. The first-order chi connectivity index (χ1) is 15.9. The molecule has 34 heavy (non-hydrogen) atoms. The Labute approximate surface area is 200 Å². The van der Waals surface area contributed by atoms with Crippen molar-refractivity contribution in [2.24, 2.45) is 5.16 Å². The van der Waals surface area contributed by atoms with Gasteiger partial charge in [-0.1, -0.05) is 47.6 Å².